The number of hydrogen-bond acceptors (Lipinski definition) is 1. The largest absolute Gasteiger partial charge is 0.481 e. The third-order valence-electron chi connectivity index (χ3n) is 9.66. The van der Waals surface area contributed by atoms with Crippen LogP contribution in [-0.2, 0) is 4.79 Å². The predicted molar refractivity (Wildman–Crippen MR) is 189 cm³/mol. The van der Waals surface area contributed by atoms with Crippen molar-refractivity contribution >= 4 is 5.97 Å². The van der Waals surface area contributed by atoms with Crippen molar-refractivity contribution in [2.24, 2.45) is 5.92 Å². The zero-order valence-corrected chi connectivity index (χ0v) is 29.4. The Labute approximate surface area is 266 Å². The Hall–Kier alpha value is -0.530. The lowest BCUT2D eigenvalue weighted by molar-refractivity contribution is -0.142. The molecule has 1 unspecified atom stereocenters. The van der Waals surface area contributed by atoms with Crippen molar-refractivity contribution < 1.29 is 9.90 Å². The number of unbranched alkanes of at least 4 members (excludes halogenated alkanes) is 32. The van der Waals surface area contributed by atoms with Gasteiger partial charge in [0, 0.05) is 0 Å². The smallest absolute Gasteiger partial charge is 0.306 e. The Morgan fingerprint density at radius 1 is 0.333 bits per heavy atom. The topological polar surface area (TPSA) is 37.3 Å². The van der Waals surface area contributed by atoms with Crippen molar-refractivity contribution in [3.05, 3.63) is 0 Å². The highest BCUT2D eigenvalue weighted by atomic mass is 16.4. The first kappa shape index (κ1) is 41.5. The Morgan fingerprint density at radius 3 is 0.738 bits per heavy atom. The van der Waals surface area contributed by atoms with E-state index in [4.69, 9.17) is 0 Å². The summed E-state index contributed by atoms with van der Waals surface area (Å²) in [6.45, 7) is 4.45. The van der Waals surface area contributed by atoms with Gasteiger partial charge in [0.15, 0.2) is 0 Å². The molecule has 0 radical (unpaired) electrons. The van der Waals surface area contributed by atoms with E-state index in [9.17, 15) is 9.90 Å². The summed E-state index contributed by atoms with van der Waals surface area (Å²) in [6.07, 6.45) is 49.6. The van der Waals surface area contributed by atoms with Crippen LogP contribution in [0.15, 0.2) is 0 Å². The van der Waals surface area contributed by atoms with Gasteiger partial charge in [0.1, 0.15) is 0 Å². The van der Waals surface area contributed by atoms with Crippen LogP contribution in [0.1, 0.15) is 245 Å². The maximum Gasteiger partial charge on any atom is 0.306 e. The molecule has 0 heterocycles. The Balaban J connectivity index is 3.13. The van der Waals surface area contributed by atoms with E-state index in [1.165, 1.54) is 199 Å². The van der Waals surface area contributed by atoms with Crippen LogP contribution >= 0.6 is 0 Å². The molecular formula is C40H80O2. The van der Waals surface area contributed by atoms with Crippen LogP contribution in [-0.4, -0.2) is 11.1 Å². The molecule has 42 heavy (non-hydrogen) atoms. The molecule has 0 spiro atoms. The molecule has 0 bridgehead atoms. The monoisotopic (exact) mass is 593 g/mol. The van der Waals surface area contributed by atoms with Gasteiger partial charge in [-0.15, -0.1) is 0 Å². The highest BCUT2D eigenvalue weighted by molar-refractivity contribution is 5.69. The second-order valence-corrected chi connectivity index (χ2v) is 13.9. The minimum atomic E-state index is -0.579. The van der Waals surface area contributed by atoms with Crippen LogP contribution in [0.3, 0.4) is 0 Å². The molecule has 0 rings (SSSR count). The van der Waals surface area contributed by atoms with Gasteiger partial charge < -0.3 is 5.11 Å². The highest BCUT2D eigenvalue weighted by Crippen LogP contribution is 2.19. The average molecular weight is 593 g/mol. The van der Waals surface area contributed by atoms with Crippen LogP contribution in [0.2, 0.25) is 0 Å². The molecule has 0 aromatic rings. The first-order valence-corrected chi connectivity index (χ1v) is 19.9. The summed E-state index contributed by atoms with van der Waals surface area (Å²) in [6, 6.07) is 0. The second kappa shape index (κ2) is 36.7. The van der Waals surface area contributed by atoms with Crippen molar-refractivity contribution in [2.45, 2.75) is 245 Å². The Morgan fingerprint density at radius 2 is 0.524 bits per heavy atom. The fourth-order valence-corrected chi connectivity index (χ4v) is 6.61. The van der Waals surface area contributed by atoms with E-state index in [1.807, 2.05) is 0 Å². The number of hydrogen-bond donors (Lipinski definition) is 1. The van der Waals surface area contributed by atoms with Gasteiger partial charge in [0.2, 0.25) is 0 Å². The fourth-order valence-electron chi connectivity index (χ4n) is 6.61. The van der Waals surface area contributed by atoms with E-state index in [0.29, 0.717) is 0 Å². The summed E-state index contributed by atoms with van der Waals surface area (Å²) in [5.74, 6) is -0.678. The van der Waals surface area contributed by atoms with Gasteiger partial charge in [-0.2, -0.15) is 0 Å². The second-order valence-electron chi connectivity index (χ2n) is 13.9. The SMILES string of the molecule is CCCCCCCCCCCCCCCCCCCCCCCCCCCCCCCCCCC(CCCC)C(=O)O. The molecule has 252 valence electrons. The number of rotatable bonds is 37. The van der Waals surface area contributed by atoms with Gasteiger partial charge in [-0.05, 0) is 12.8 Å². The lowest BCUT2D eigenvalue weighted by Gasteiger charge is -2.11. The minimum Gasteiger partial charge on any atom is -0.481 e. The molecule has 0 aliphatic heterocycles. The molecule has 0 aromatic carbocycles. The molecular weight excluding hydrogens is 512 g/mol. The molecule has 0 aliphatic rings. The van der Waals surface area contributed by atoms with Crippen LogP contribution in [0, 0.1) is 5.92 Å². The van der Waals surface area contributed by atoms with Gasteiger partial charge >= 0.3 is 5.97 Å². The van der Waals surface area contributed by atoms with Crippen LogP contribution in [0.4, 0.5) is 0 Å². The summed E-state index contributed by atoms with van der Waals surface area (Å²) in [4.78, 5) is 11.3. The first-order chi connectivity index (χ1) is 20.7. The van der Waals surface area contributed by atoms with E-state index in [0.717, 1.165) is 32.1 Å². The van der Waals surface area contributed by atoms with Gasteiger partial charge in [0.25, 0.3) is 0 Å². The molecule has 1 atom stereocenters. The normalized spacial score (nSPS) is 12.2. The van der Waals surface area contributed by atoms with Gasteiger partial charge in [-0.1, -0.05) is 232 Å². The number of carboxylic acid groups (broad SMARTS) is 1. The molecule has 1 N–H and O–H groups in total. The summed E-state index contributed by atoms with van der Waals surface area (Å²) >= 11 is 0. The molecule has 2 nitrogen and oxygen atoms in total. The standard InChI is InChI=1S/C40H80O2/c1-3-5-7-8-9-10-11-12-13-14-15-16-17-18-19-20-21-22-23-24-25-26-27-28-29-30-31-32-33-34-35-36-38-39(40(41)42)37-6-4-2/h39H,3-38H2,1-2H3,(H,41,42). The average Bonchev–Trinajstić information content (AvgIpc) is 2.99. The van der Waals surface area contributed by atoms with Crippen LogP contribution in [0.25, 0.3) is 0 Å². The first-order valence-electron chi connectivity index (χ1n) is 19.9. The molecule has 0 aliphatic carbocycles. The Bertz CT molecular complexity index is 502. The van der Waals surface area contributed by atoms with Crippen molar-refractivity contribution in [2.75, 3.05) is 0 Å². The minimum absolute atomic E-state index is 0.0986. The van der Waals surface area contributed by atoms with Crippen molar-refractivity contribution in [3.8, 4) is 0 Å². The van der Waals surface area contributed by atoms with E-state index in [1.54, 1.807) is 0 Å². The zero-order chi connectivity index (χ0) is 30.6. The summed E-state index contributed by atoms with van der Waals surface area (Å²) in [5, 5.41) is 9.32. The van der Waals surface area contributed by atoms with Gasteiger partial charge in [0.05, 0.1) is 5.92 Å². The van der Waals surface area contributed by atoms with E-state index in [2.05, 4.69) is 13.8 Å². The van der Waals surface area contributed by atoms with Crippen molar-refractivity contribution in [1.29, 1.82) is 0 Å². The van der Waals surface area contributed by atoms with Crippen molar-refractivity contribution in [1.82, 2.24) is 0 Å². The van der Waals surface area contributed by atoms with Crippen LogP contribution < -0.4 is 0 Å². The summed E-state index contributed by atoms with van der Waals surface area (Å²) < 4.78 is 0. The third-order valence-corrected chi connectivity index (χ3v) is 9.66. The molecule has 0 saturated heterocycles. The molecule has 0 fully saturated rings. The Kier molecular flexibility index (Phi) is 36.2. The molecule has 2 heteroatoms. The van der Waals surface area contributed by atoms with Crippen LogP contribution in [0.5, 0.6) is 0 Å². The van der Waals surface area contributed by atoms with Crippen molar-refractivity contribution in [3.63, 3.8) is 0 Å². The molecule has 0 saturated carbocycles. The summed E-state index contributed by atoms with van der Waals surface area (Å²) in [7, 11) is 0. The summed E-state index contributed by atoms with van der Waals surface area (Å²) in [5.41, 5.74) is 0. The highest BCUT2D eigenvalue weighted by Gasteiger charge is 2.15. The van der Waals surface area contributed by atoms with E-state index >= 15 is 0 Å². The fraction of sp³-hybridized carbons (Fsp3) is 0.975. The van der Waals surface area contributed by atoms with E-state index in [-0.39, 0.29) is 5.92 Å². The lowest BCUT2D eigenvalue weighted by atomic mass is 9.95. The zero-order valence-electron chi connectivity index (χ0n) is 29.4. The van der Waals surface area contributed by atoms with E-state index < -0.39 is 5.97 Å². The third kappa shape index (κ3) is 34.0. The number of aliphatic carboxylic acids is 1. The quantitative estimate of drug-likeness (QED) is 0.0728. The number of carbonyl (C=O) groups is 1. The number of carboxylic acids is 1. The molecule has 0 aromatic heterocycles. The van der Waals surface area contributed by atoms with Gasteiger partial charge in [-0.3, -0.25) is 4.79 Å². The predicted octanol–water partition coefficient (Wildman–Crippen LogP) is 14.8. The molecule has 0 amide bonds. The maximum absolute atomic E-state index is 11.3. The lowest BCUT2D eigenvalue weighted by Crippen LogP contribution is -2.13. The maximum atomic E-state index is 11.3. The van der Waals surface area contributed by atoms with Gasteiger partial charge in [-0.25, -0.2) is 0 Å².